The third-order valence-electron chi connectivity index (χ3n) is 5.73. The van der Waals surface area contributed by atoms with Gasteiger partial charge in [-0.15, -0.1) is 11.3 Å². The summed E-state index contributed by atoms with van der Waals surface area (Å²) in [6, 6.07) is 8.10. The molecule has 142 valence electrons. The molecule has 2 aliphatic rings. The number of anilines is 1. The van der Waals surface area contributed by atoms with Crippen LogP contribution in [0.2, 0.25) is 0 Å². The zero-order valence-electron chi connectivity index (χ0n) is 15.4. The minimum Gasteiger partial charge on any atom is -0.336 e. The minimum absolute atomic E-state index is 0.0485. The van der Waals surface area contributed by atoms with Crippen LogP contribution in [0.5, 0.6) is 0 Å². The number of amides is 2. The molecule has 1 aromatic carbocycles. The fourth-order valence-electron chi connectivity index (χ4n) is 4.04. The van der Waals surface area contributed by atoms with E-state index in [2.05, 4.69) is 4.90 Å². The zero-order chi connectivity index (χ0) is 19.2. The van der Waals surface area contributed by atoms with Gasteiger partial charge in [-0.25, -0.2) is 4.39 Å². The number of aryl methyl sites for hydroxylation is 1. The van der Waals surface area contributed by atoms with Crippen LogP contribution in [0.15, 0.2) is 35.7 Å². The highest BCUT2D eigenvalue weighted by Gasteiger charge is 2.49. The average Bonchev–Trinajstić information content (AvgIpc) is 3.25. The van der Waals surface area contributed by atoms with Crippen molar-refractivity contribution in [1.82, 2.24) is 9.80 Å². The Hall–Kier alpha value is -2.25. The van der Waals surface area contributed by atoms with Gasteiger partial charge in [-0.05, 0) is 55.6 Å². The second kappa shape index (κ2) is 6.73. The molecular formula is C20H22FN3O2S. The number of hydrogen-bond acceptors (Lipinski definition) is 4. The molecule has 2 amide bonds. The van der Waals surface area contributed by atoms with E-state index >= 15 is 0 Å². The highest BCUT2D eigenvalue weighted by molar-refractivity contribution is 7.12. The summed E-state index contributed by atoms with van der Waals surface area (Å²) in [5, 5.41) is 1.94. The normalized spacial score (nSPS) is 23.4. The molecule has 1 unspecified atom stereocenters. The van der Waals surface area contributed by atoms with Crippen LogP contribution in [-0.2, 0) is 4.79 Å². The van der Waals surface area contributed by atoms with Crippen molar-refractivity contribution in [2.75, 3.05) is 38.1 Å². The van der Waals surface area contributed by atoms with E-state index < -0.39 is 0 Å². The molecule has 0 saturated carbocycles. The lowest BCUT2D eigenvalue weighted by atomic mass is 9.92. The highest BCUT2D eigenvalue weighted by Crippen LogP contribution is 2.34. The molecular weight excluding hydrogens is 365 g/mol. The molecule has 0 N–H and O–H groups in total. The number of halogens is 1. The van der Waals surface area contributed by atoms with E-state index in [9.17, 15) is 14.0 Å². The summed E-state index contributed by atoms with van der Waals surface area (Å²) in [6.07, 6.45) is 0.790. The van der Waals surface area contributed by atoms with Crippen LogP contribution in [0.1, 0.15) is 21.7 Å². The van der Waals surface area contributed by atoms with Crippen LogP contribution < -0.4 is 4.90 Å². The molecule has 2 aromatic rings. The lowest BCUT2D eigenvalue weighted by molar-refractivity contribution is -0.123. The van der Waals surface area contributed by atoms with Crippen LogP contribution in [0.25, 0.3) is 0 Å². The fraction of sp³-hybridized carbons (Fsp3) is 0.400. The number of rotatable bonds is 2. The van der Waals surface area contributed by atoms with Gasteiger partial charge in [-0.2, -0.15) is 0 Å². The fourth-order valence-corrected chi connectivity index (χ4v) is 4.94. The number of benzene rings is 1. The molecule has 5 nitrogen and oxygen atoms in total. The third-order valence-corrected chi connectivity index (χ3v) is 6.74. The van der Waals surface area contributed by atoms with E-state index in [1.54, 1.807) is 17.0 Å². The first-order chi connectivity index (χ1) is 12.9. The van der Waals surface area contributed by atoms with Gasteiger partial charge in [-0.3, -0.25) is 14.5 Å². The van der Waals surface area contributed by atoms with Gasteiger partial charge in [0.25, 0.3) is 5.91 Å². The van der Waals surface area contributed by atoms with E-state index in [1.807, 2.05) is 30.3 Å². The Kier molecular flexibility index (Phi) is 4.52. The Morgan fingerprint density at radius 3 is 2.78 bits per heavy atom. The molecule has 0 aliphatic carbocycles. The summed E-state index contributed by atoms with van der Waals surface area (Å²) in [6.45, 7) is 3.90. The van der Waals surface area contributed by atoms with Crippen molar-refractivity contribution in [1.29, 1.82) is 0 Å². The molecule has 27 heavy (non-hydrogen) atoms. The topological polar surface area (TPSA) is 43.9 Å². The summed E-state index contributed by atoms with van der Waals surface area (Å²) in [5.74, 6) is -0.348. The van der Waals surface area contributed by atoms with E-state index in [-0.39, 0.29) is 29.7 Å². The Labute approximate surface area is 162 Å². The molecule has 2 aliphatic heterocycles. The van der Waals surface area contributed by atoms with Gasteiger partial charge in [0.2, 0.25) is 5.91 Å². The predicted octanol–water partition coefficient (Wildman–Crippen LogP) is 2.76. The van der Waals surface area contributed by atoms with Crippen LogP contribution >= 0.6 is 11.3 Å². The summed E-state index contributed by atoms with van der Waals surface area (Å²) in [7, 11) is 1.94. The van der Waals surface area contributed by atoms with E-state index in [0.29, 0.717) is 25.3 Å². The van der Waals surface area contributed by atoms with Crippen LogP contribution in [0.4, 0.5) is 10.1 Å². The van der Waals surface area contributed by atoms with Crippen molar-refractivity contribution >= 4 is 28.8 Å². The number of thiophene rings is 1. The molecule has 1 atom stereocenters. The number of carbonyl (C=O) groups excluding carboxylic acids is 2. The minimum atomic E-state index is -0.357. The lowest BCUT2D eigenvalue weighted by Gasteiger charge is -2.46. The standard InChI is InChI=1S/C20H22FN3O2S/c1-14-6-9-27-18(14)19(26)23-8-7-20(12-23)13-24(17(25)11-22(20)2)16-5-3-4-15(21)10-16/h3-6,9-10H,7-8,11-13H2,1-2H3. The number of carbonyl (C=O) groups is 2. The number of piperazine rings is 1. The van der Waals surface area contributed by atoms with Crippen molar-refractivity contribution in [2.24, 2.45) is 0 Å². The molecule has 1 spiro atoms. The van der Waals surface area contributed by atoms with Gasteiger partial charge in [0.1, 0.15) is 5.82 Å². The van der Waals surface area contributed by atoms with Crippen molar-refractivity contribution in [3.8, 4) is 0 Å². The smallest absolute Gasteiger partial charge is 0.264 e. The largest absolute Gasteiger partial charge is 0.336 e. The SMILES string of the molecule is Cc1ccsc1C(=O)N1CCC2(C1)CN(c1cccc(F)c1)C(=O)CN2C. The third kappa shape index (κ3) is 3.15. The van der Waals surface area contributed by atoms with Crippen molar-refractivity contribution < 1.29 is 14.0 Å². The molecule has 2 saturated heterocycles. The maximum atomic E-state index is 13.7. The van der Waals surface area contributed by atoms with Gasteiger partial charge >= 0.3 is 0 Å². The van der Waals surface area contributed by atoms with Crippen molar-refractivity contribution in [2.45, 2.75) is 18.9 Å². The summed E-state index contributed by atoms with van der Waals surface area (Å²) in [4.78, 5) is 31.9. The molecule has 0 radical (unpaired) electrons. The highest BCUT2D eigenvalue weighted by atomic mass is 32.1. The summed E-state index contributed by atoms with van der Waals surface area (Å²) < 4.78 is 13.7. The van der Waals surface area contributed by atoms with Gasteiger partial charge < -0.3 is 9.80 Å². The Balaban J connectivity index is 1.58. The molecule has 1 aromatic heterocycles. The van der Waals surface area contributed by atoms with Crippen molar-refractivity contribution in [3.63, 3.8) is 0 Å². The quantitative estimate of drug-likeness (QED) is 0.796. The average molecular weight is 387 g/mol. The Bertz CT molecular complexity index is 899. The molecule has 0 bridgehead atoms. The van der Waals surface area contributed by atoms with Gasteiger partial charge in [-0.1, -0.05) is 6.07 Å². The first-order valence-electron chi connectivity index (χ1n) is 9.00. The van der Waals surface area contributed by atoms with E-state index in [0.717, 1.165) is 16.9 Å². The van der Waals surface area contributed by atoms with Crippen LogP contribution in [0.3, 0.4) is 0 Å². The van der Waals surface area contributed by atoms with E-state index in [1.165, 1.54) is 23.5 Å². The second-order valence-corrected chi connectivity index (χ2v) is 8.37. The zero-order valence-corrected chi connectivity index (χ0v) is 16.3. The van der Waals surface area contributed by atoms with Gasteiger partial charge in [0.05, 0.1) is 17.0 Å². The number of hydrogen-bond donors (Lipinski definition) is 0. The second-order valence-electron chi connectivity index (χ2n) is 7.45. The molecule has 3 heterocycles. The molecule has 7 heteroatoms. The van der Waals surface area contributed by atoms with Gasteiger partial charge in [0.15, 0.2) is 0 Å². The number of likely N-dealkylation sites (tertiary alicyclic amines) is 1. The first-order valence-corrected chi connectivity index (χ1v) is 9.88. The summed E-state index contributed by atoms with van der Waals surface area (Å²) in [5.41, 5.74) is 1.27. The number of likely N-dealkylation sites (N-methyl/N-ethyl adjacent to an activating group) is 1. The van der Waals surface area contributed by atoms with Gasteiger partial charge in [0, 0.05) is 25.3 Å². The number of nitrogens with zero attached hydrogens (tertiary/aromatic N) is 3. The predicted molar refractivity (Wildman–Crippen MR) is 104 cm³/mol. The lowest BCUT2D eigenvalue weighted by Crippen LogP contribution is -2.64. The first kappa shape index (κ1) is 18.1. The maximum absolute atomic E-state index is 13.7. The van der Waals surface area contributed by atoms with Crippen molar-refractivity contribution in [3.05, 3.63) is 52.0 Å². The molecule has 4 rings (SSSR count). The monoisotopic (exact) mass is 387 g/mol. The van der Waals surface area contributed by atoms with Crippen LogP contribution in [0, 0.1) is 12.7 Å². The maximum Gasteiger partial charge on any atom is 0.264 e. The summed E-state index contributed by atoms with van der Waals surface area (Å²) >= 11 is 1.47. The molecule has 2 fully saturated rings. The Morgan fingerprint density at radius 1 is 1.26 bits per heavy atom. The Morgan fingerprint density at radius 2 is 2.07 bits per heavy atom. The van der Waals surface area contributed by atoms with Crippen LogP contribution in [-0.4, -0.2) is 60.4 Å². The van der Waals surface area contributed by atoms with E-state index in [4.69, 9.17) is 0 Å².